The van der Waals surface area contributed by atoms with E-state index >= 15 is 0 Å². The number of piperidine rings is 1. The Hall–Kier alpha value is -0.560. The van der Waals surface area contributed by atoms with E-state index in [4.69, 9.17) is 4.42 Å². The molecule has 1 saturated heterocycles. The van der Waals surface area contributed by atoms with Crippen LogP contribution in [0.25, 0.3) is 0 Å². The van der Waals surface area contributed by atoms with E-state index in [0.29, 0.717) is 0 Å². The van der Waals surface area contributed by atoms with Crippen LogP contribution in [0.3, 0.4) is 0 Å². The summed E-state index contributed by atoms with van der Waals surface area (Å²) in [7, 11) is -3.51. The van der Waals surface area contributed by atoms with E-state index in [2.05, 4.69) is 10.0 Å². The van der Waals surface area contributed by atoms with Gasteiger partial charge in [-0.15, -0.1) is 12.4 Å². The Morgan fingerprint density at radius 3 is 2.88 bits per heavy atom. The number of hydrogen-bond acceptors (Lipinski definition) is 4. The summed E-state index contributed by atoms with van der Waals surface area (Å²) >= 11 is 0. The summed E-state index contributed by atoms with van der Waals surface area (Å²) in [6.07, 6.45) is 3.20. The lowest BCUT2D eigenvalue weighted by atomic mass is 10.0. The topological polar surface area (TPSA) is 71.3 Å². The van der Waals surface area contributed by atoms with Gasteiger partial charge in [-0.1, -0.05) is 0 Å². The van der Waals surface area contributed by atoms with Crippen molar-refractivity contribution >= 4 is 22.4 Å². The van der Waals surface area contributed by atoms with E-state index in [1.54, 1.807) is 6.07 Å². The van der Waals surface area contributed by atoms with Gasteiger partial charge in [0.15, 0.2) is 0 Å². The third-order valence-corrected chi connectivity index (χ3v) is 4.20. The maximum atomic E-state index is 11.9. The second kappa shape index (κ2) is 5.86. The zero-order valence-electron chi connectivity index (χ0n) is 9.55. The van der Waals surface area contributed by atoms with Gasteiger partial charge in [-0.05, 0) is 38.4 Å². The molecule has 1 aliphatic heterocycles. The van der Waals surface area contributed by atoms with Crippen molar-refractivity contribution < 1.29 is 12.8 Å². The number of hydrogen-bond donors (Lipinski definition) is 2. The summed E-state index contributed by atoms with van der Waals surface area (Å²) in [5.74, 6) is 0. The molecular formula is C10H17ClN2O3S. The zero-order chi connectivity index (χ0) is 11.6. The Bertz CT molecular complexity index is 432. The van der Waals surface area contributed by atoms with Crippen molar-refractivity contribution in [2.75, 3.05) is 6.54 Å². The lowest BCUT2D eigenvalue weighted by Crippen LogP contribution is -2.51. The standard InChI is InChI=1S/C10H16N2O3S.ClH/c1-8-9(4-2-6-11-8)12-16(13,14)10-5-3-7-15-10;/h3,5,7-9,11-12H,2,4,6H2,1H3;1H. The quantitative estimate of drug-likeness (QED) is 0.870. The maximum Gasteiger partial charge on any atom is 0.274 e. The molecule has 2 heterocycles. The molecule has 0 spiro atoms. The highest BCUT2D eigenvalue weighted by molar-refractivity contribution is 7.89. The van der Waals surface area contributed by atoms with Crippen LogP contribution in [-0.4, -0.2) is 27.0 Å². The highest BCUT2D eigenvalue weighted by atomic mass is 35.5. The number of halogens is 1. The van der Waals surface area contributed by atoms with Crippen LogP contribution in [0.1, 0.15) is 19.8 Å². The normalized spacial score (nSPS) is 25.2. The van der Waals surface area contributed by atoms with E-state index in [-0.39, 0.29) is 29.6 Å². The molecule has 7 heteroatoms. The largest absolute Gasteiger partial charge is 0.452 e. The smallest absolute Gasteiger partial charge is 0.274 e. The summed E-state index contributed by atoms with van der Waals surface area (Å²) in [4.78, 5) is 0. The van der Waals surface area contributed by atoms with Gasteiger partial charge < -0.3 is 9.73 Å². The first-order valence-electron chi connectivity index (χ1n) is 5.39. The minimum absolute atomic E-state index is 0. The number of sulfonamides is 1. The van der Waals surface area contributed by atoms with Crippen molar-refractivity contribution in [3.05, 3.63) is 18.4 Å². The van der Waals surface area contributed by atoms with Crippen molar-refractivity contribution in [3.63, 3.8) is 0 Å². The van der Waals surface area contributed by atoms with Gasteiger partial charge in [-0.25, -0.2) is 13.1 Å². The molecular weight excluding hydrogens is 264 g/mol. The average Bonchev–Trinajstić information content (AvgIpc) is 2.75. The monoisotopic (exact) mass is 280 g/mol. The SMILES string of the molecule is CC1NCCCC1NS(=O)(=O)c1ccco1.Cl. The summed E-state index contributed by atoms with van der Waals surface area (Å²) < 4.78 is 31.3. The highest BCUT2D eigenvalue weighted by Gasteiger charge is 2.27. The van der Waals surface area contributed by atoms with Crippen molar-refractivity contribution in [3.8, 4) is 0 Å². The van der Waals surface area contributed by atoms with Crippen LogP contribution in [0.2, 0.25) is 0 Å². The van der Waals surface area contributed by atoms with E-state index in [1.807, 2.05) is 6.92 Å². The Kier molecular flexibility index (Phi) is 5.00. The first-order valence-corrected chi connectivity index (χ1v) is 6.87. The van der Waals surface area contributed by atoms with E-state index < -0.39 is 10.0 Å². The Morgan fingerprint density at radius 1 is 1.53 bits per heavy atom. The molecule has 0 aliphatic carbocycles. The summed E-state index contributed by atoms with van der Waals surface area (Å²) in [6, 6.07) is 3.10. The minimum Gasteiger partial charge on any atom is -0.452 e. The van der Waals surface area contributed by atoms with E-state index in [1.165, 1.54) is 12.3 Å². The first-order chi connectivity index (χ1) is 7.59. The van der Waals surface area contributed by atoms with Gasteiger partial charge in [0.25, 0.3) is 10.0 Å². The van der Waals surface area contributed by atoms with Crippen LogP contribution in [0, 0.1) is 0 Å². The Morgan fingerprint density at radius 2 is 2.29 bits per heavy atom. The Balaban J connectivity index is 0.00000144. The molecule has 5 nitrogen and oxygen atoms in total. The maximum absolute atomic E-state index is 11.9. The molecule has 0 radical (unpaired) electrons. The first kappa shape index (κ1) is 14.5. The molecule has 1 aromatic rings. The van der Waals surface area contributed by atoms with Gasteiger partial charge in [0.1, 0.15) is 0 Å². The van der Waals surface area contributed by atoms with Gasteiger partial charge in [0, 0.05) is 12.1 Å². The zero-order valence-corrected chi connectivity index (χ0v) is 11.2. The van der Waals surface area contributed by atoms with Gasteiger partial charge in [0.2, 0.25) is 5.09 Å². The van der Waals surface area contributed by atoms with Crippen LogP contribution in [-0.2, 0) is 10.0 Å². The number of nitrogens with one attached hydrogen (secondary N) is 2. The highest BCUT2D eigenvalue weighted by Crippen LogP contribution is 2.14. The second-order valence-electron chi connectivity index (χ2n) is 4.04. The fraction of sp³-hybridized carbons (Fsp3) is 0.600. The molecule has 2 unspecified atom stereocenters. The molecule has 0 bridgehead atoms. The average molecular weight is 281 g/mol. The molecule has 0 saturated carbocycles. The fourth-order valence-corrected chi connectivity index (χ4v) is 3.16. The molecule has 98 valence electrons. The van der Waals surface area contributed by atoms with Gasteiger partial charge in [0.05, 0.1) is 6.26 Å². The van der Waals surface area contributed by atoms with Crippen LogP contribution in [0.4, 0.5) is 0 Å². The van der Waals surface area contributed by atoms with Crippen molar-refractivity contribution in [1.29, 1.82) is 0 Å². The molecule has 2 N–H and O–H groups in total. The Labute approximate surface area is 107 Å². The van der Waals surface area contributed by atoms with Crippen molar-refractivity contribution in [2.24, 2.45) is 0 Å². The third kappa shape index (κ3) is 3.45. The van der Waals surface area contributed by atoms with Crippen LogP contribution in [0.5, 0.6) is 0 Å². The van der Waals surface area contributed by atoms with E-state index in [0.717, 1.165) is 19.4 Å². The van der Waals surface area contributed by atoms with Crippen molar-refractivity contribution in [2.45, 2.75) is 36.9 Å². The molecule has 17 heavy (non-hydrogen) atoms. The number of furan rings is 1. The fourth-order valence-electron chi connectivity index (χ4n) is 1.88. The summed E-state index contributed by atoms with van der Waals surface area (Å²) in [5.41, 5.74) is 0. The van der Waals surface area contributed by atoms with Crippen LogP contribution >= 0.6 is 12.4 Å². The summed E-state index contributed by atoms with van der Waals surface area (Å²) in [5, 5.41) is 3.22. The van der Waals surface area contributed by atoms with Crippen LogP contribution < -0.4 is 10.0 Å². The molecule has 1 aromatic heterocycles. The van der Waals surface area contributed by atoms with Crippen LogP contribution in [0.15, 0.2) is 27.9 Å². The van der Waals surface area contributed by atoms with E-state index in [9.17, 15) is 8.42 Å². The molecule has 0 amide bonds. The minimum atomic E-state index is -3.51. The molecule has 1 fully saturated rings. The number of rotatable bonds is 3. The molecule has 2 rings (SSSR count). The molecule has 2 atom stereocenters. The molecule has 1 aliphatic rings. The van der Waals surface area contributed by atoms with Gasteiger partial charge >= 0.3 is 0 Å². The lowest BCUT2D eigenvalue weighted by Gasteiger charge is -2.29. The van der Waals surface area contributed by atoms with Gasteiger partial charge in [-0.2, -0.15) is 0 Å². The lowest BCUT2D eigenvalue weighted by molar-refractivity contribution is 0.345. The summed E-state index contributed by atoms with van der Waals surface area (Å²) in [6.45, 7) is 2.93. The molecule has 0 aromatic carbocycles. The predicted octanol–water partition coefficient (Wildman–Crippen LogP) is 1.12. The van der Waals surface area contributed by atoms with Gasteiger partial charge in [-0.3, -0.25) is 0 Å². The third-order valence-electron chi connectivity index (χ3n) is 2.83. The van der Waals surface area contributed by atoms with Crippen molar-refractivity contribution in [1.82, 2.24) is 10.0 Å². The predicted molar refractivity (Wildman–Crippen MR) is 66.8 cm³/mol. The second-order valence-corrected chi connectivity index (χ2v) is 5.69.